The van der Waals surface area contributed by atoms with E-state index < -0.39 is 0 Å². The highest BCUT2D eigenvalue weighted by Gasteiger charge is 2.27. The van der Waals surface area contributed by atoms with Crippen LogP contribution in [0.3, 0.4) is 0 Å². The molecule has 6 nitrogen and oxygen atoms in total. The third kappa shape index (κ3) is 4.18. The molecule has 0 radical (unpaired) electrons. The van der Waals surface area contributed by atoms with Crippen molar-refractivity contribution in [1.29, 1.82) is 0 Å². The predicted molar refractivity (Wildman–Crippen MR) is 106 cm³/mol. The van der Waals surface area contributed by atoms with Gasteiger partial charge in [-0.05, 0) is 38.0 Å². The fourth-order valence-corrected chi connectivity index (χ4v) is 4.22. The van der Waals surface area contributed by atoms with E-state index in [1.165, 1.54) is 5.56 Å². The number of anilines is 1. The molecule has 2 aliphatic heterocycles. The summed E-state index contributed by atoms with van der Waals surface area (Å²) in [5, 5.41) is 0.748. The number of hydrogen-bond donors (Lipinski definition) is 1. The van der Waals surface area contributed by atoms with Crippen molar-refractivity contribution in [3.63, 3.8) is 0 Å². The van der Waals surface area contributed by atoms with Crippen LogP contribution in [0.5, 0.6) is 0 Å². The lowest BCUT2D eigenvalue weighted by molar-refractivity contribution is -0.00576. The lowest BCUT2D eigenvalue weighted by Gasteiger charge is -2.36. The summed E-state index contributed by atoms with van der Waals surface area (Å²) in [7, 11) is 0. The number of halogens is 1. The van der Waals surface area contributed by atoms with Crippen LogP contribution in [0, 0.1) is 0 Å². The molecule has 7 heteroatoms. The van der Waals surface area contributed by atoms with E-state index in [1.807, 2.05) is 32.0 Å². The van der Waals surface area contributed by atoms with E-state index in [-0.39, 0.29) is 17.8 Å². The van der Waals surface area contributed by atoms with Crippen LogP contribution in [0.15, 0.2) is 29.1 Å². The second-order valence-electron chi connectivity index (χ2n) is 7.57. The van der Waals surface area contributed by atoms with Gasteiger partial charge < -0.3 is 9.64 Å². The molecule has 2 aliphatic rings. The van der Waals surface area contributed by atoms with Gasteiger partial charge in [-0.3, -0.25) is 14.7 Å². The van der Waals surface area contributed by atoms with E-state index in [4.69, 9.17) is 21.3 Å². The molecule has 3 heterocycles. The number of aromatic amines is 1. The van der Waals surface area contributed by atoms with E-state index in [2.05, 4.69) is 20.9 Å². The van der Waals surface area contributed by atoms with E-state index in [0.29, 0.717) is 18.9 Å². The van der Waals surface area contributed by atoms with Crippen LogP contribution in [0.4, 0.5) is 5.95 Å². The molecule has 2 unspecified atom stereocenters. The molecule has 0 spiro atoms. The first-order chi connectivity index (χ1) is 13.0. The largest absolute Gasteiger partial charge is 0.372 e. The Morgan fingerprint density at radius 3 is 2.81 bits per heavy atom. The van der Waals surface area contributed by atoms with Crippen molar-refractivity contribution < 1.29 is 4.74 Å². The first-order valence-corrected chi connectivity index (χ1v) is 9.85. The summed E-state index contributed by atoms with van der Waals surface area (Å²) in [5.74, 6) is 0.658. The van der Waals surface area contributed by atoms with Gasteiger partial charge in [-0.1, -0.05) is 23.7 Å². The van der Waals surface area contributed by atoms with Gasteiger partial charge >= 0.3 is 0 Å². The number of hydrogen-bond acceptors (Lipinski definition) is 5. The summed E-state index contributed by atoms with van der Waals surface area (Å²) in [6.07, 6.45) is 0.956. The summed E-state index contributed by atoms with van der Waals surface area (Å²) < 4.78 is 5.79. The maximum absolute atomic E-state index is 12.6. The van der Waals surface area contributed by atoms with Crippen molar-refractivity contribution in [2.75, 3.05) is 24.5 Å². The van der Waals surface area contributed by atoms with Gasteiger partial charge in [0.25, 0.3) is 5.56 Å². The molecule has 2 atom stereocenters. The van der Waals surface area contributed by atoms with Crippen molar-refractivity contribution in [1.82, 2.24) is 14.9 Å². The molecule has 0 bridgehead atoms. The van der Waals surface area contributed by atoms with Crippen molar-refractivity contribution >= 4 is 17.5 Å². The van der Waals surface area contributed by atoms with Crippen LogP contribution in [0.2, 0.25) is 5.02 Å². The van der Waals surface area contributed by atoms with Gasteiger partial charge in [-0.25, -0.2) is 4.98 Å². The zero-order valence-electron chi connectivity index (χ0n) is 15.7. The van der Waals surface area contributed by atoms with Gasteiger partial charge in [0.15, 0.2) is 0 Å². The van der Waals surface area contributed by atoms with E-state index in [0.717, 1.165) is 42.5 Å². The Kier molecular flexibility index (Phi) is 5.21. The lowest BCUT2D eigenvalue weighted by Crippen LogP contribution is -2.47. The summed E-state index contributed by atoms with van der Waals surface area (Å²) >= 11 is 6.10. The average Bonchev–Trinajstić information content (AvgIpc) is 2.60. The minimum Gasteiger partial charge on any atom is -0.372 e. The molecule has 1 fully saturated rings. The highest BCUT2D eigenvalue weighted by Crippen LogP contribution is 2.21. The third-order valence-electron chi connectivity index (χ3n) is 5.15. The number of fused-ring (bicyclic) bond motifs is 1. The Morgan fingerprint density at radius 1 is 1.30 bits per heavy atom. The maximum atomic E-state index is 12.6. The molecule has 1 aromatic heterocycles. The van der Waals surface area contributed by atoms with Gasteiger partial charge in [0.1, 0.15) is 0 Å². The van der Waals surface area contributed by atoms with Gasteiger partial charge in [0.2, 0.25) is 5.95 Å². The molecule has 27 heavy (non-hydrogen) atoms. The summed E-state index contributed by atoms with van der Waals surface area (Å²) in [4.78, 5) is 24.9. The molecular formula is C20H25ClN4O2. The Bertz CT molecular complexity index is 875. The SMILES string of the molecule is CC1CN(c2nc3c(c(=O)[nH]2)CCN(Cc2cccc(Cl)c2)C3)CC(C)O1. The molecular weight excluding hydrogens is 364 g/mol. The lowest BCUT2D eigenvalue weighted by atomic mass is 10.1. The fourth-order valence-electron chi connectivity index (χ4n) is 4.01. The fraction of sp³-hybridized carbons (Fsp3) is 0.500. The minimum atomic E-state index is -0.01000. The van der Waals surface area contributed by atoms with Crippen molar-refractivity contribution in [3.8, 4) is 0 Å². The molecule has 0 aliphatic carbocycles. The standard InChI is InChI=1S/C20H25ClN4O2/c1-13-9-25(10-14(2)27-13)20-22-18-12-24(7-6-17(18)19(26)23-20)11-15-4-3-5-16(21)8-15/h3-5,8,13-14H,6-7,9-12H2,1-2H3,(H,22,23,26). The van der Waals surface area contributed by atoms with Crippen molar-refractivity contribution in [3.05, 3.63) is 56.5 Å². The van der Waals surface area contributed by atoms with Crippen LogP contribution in [-0.2, 0) is 24.2 Å². The zero-order chi connectivity index (χ0) is 19.0. The third-order valence-corrected chi connectivity index (χ3v) is 5.39. The zero-order valence-corrected chi connectivity index (χ0v) is 16.5. The molecule has 4 rings (SSSR count). The number of nitrogens with one attached hydrogen (secondary N) is 1. The first-order valence-electron chi connectivity index (χ1n) is 9.47. The van der Waals surface area contributed by atoms with Crippen LogP contribution in [0.1, 0.15) is 30.7 Å². The summed E-state index contributed by atoms with van der Waals surface area (Å²) in [5.41, 5.74) is 2.86. The highest BCUT2D eigenvalue weighted by atomic mass is 35.5. The number of morpholine rings is 1. The topological polar surface area (TPSA) is 61.5 Å². The average molecular weight is 389 g/mol. The number of H-pyrrole nitrogens is 1. The maximum Gasteiger partial charge on any atom is 0.255 e. The predicted octanol–water partition coefficient (Wildman–Crippen LogP) is 2.60. The van der Waals surface area contributed by atoms with E-state index in [1.54, 1.807) is 0 Å². The van der Waals surface area contributed by atoms with Gasteiger partial charge in [0.05, 0.1) is 17.9 Å². The van der Waals surface area contributed by atoms with Gasteiger partial charge in [-0.15, -0.1) is 0 Å². The highest BCUT2D eigenvalue weighted by molar-refractivity contribution is 6.30. The number of nitrogens with zero attached hydrogens (tertiary/aromatic N) is 3. The summed E-state index contributed by atoms with van der Waals surface area (Å²) in [6, 6.07) is 7.92. The van der Waals surface area contributed by atoms with Gasteiger partial charge in [-0.2, -0.15) is 0 Å². The molecule has 144 valence electrons. The Labute approximate surface area is 164 Å². The van der Waals surface area contributed by atoms with Crippen LogP contribution in [-0.4, -0.2) is 46.7 Å². The Hall–Kier alpha value is -1.89. The monoisotopic (exact) mass is 388 g/mol. The second-order valence-corrected chi connectivity index (χ2v) is 8.00. The number of aromatic nitrogens is 2. The molecule has 2 aromatic rings. The number of benzene rings is 1. The van der Waals surface area contributed by atoms with Gasteiger partial charge in [0, 0.05) is 43.3 Å². The molecule has 0 amide bonds. The minimum absolute atomic E-state index is 0.01000. The quantitative estimate of drug-likeness (QED) is 0.875. The normalized spacial score (nSPS) is 23.3. The summed E-state index contributed by atoms with van der Waals surface area (Å²) in [6.45, 7) is 7.88. The number of ether oxygens (including phenoxy) is 1. The molecule has 1 N–H and O–H groups in total. The second kappa shape index (κ2) is 7.62. The molecule has 0 saturated carbocycles. The van der Waals surface area contributed by atoms with E-state index in [9.17, 15) is 4.79 Å². The molecule has 1 saturated heterocycles. The van der Waals surface area contributed by atoms with Crippen molar-refractivity contribution in [2.45, 2.75) is 45.6 Å². The first kappa shape index (κ1) is 18.5. The smallest absolute Gasteiger partial charge is 0.255 e. The van der Waals surface area contributed by atoms with Crippen LogP contribution in [0.25, 0.3) is 0 Å². The molecule has 1 aromatic carbocycles. The van der Waals surface area contributed by atoms with E-state index >= 15 is 0 Å². The Morgan fingerprint density at radius 2 is 2.07 bits per heavy atom. The number of rotatable bonds is 3. The van der Waals surface area contributed by atoms with Crippen LogP contribution < -0.4 is 10.5 Å². The van der Waals surface area contributed by atoms with Crippen LogP contribution >= 0.6 is 11.6 Å². The Balaban J connectivity index is 1.55. The van der Waals surface area contributed by atoms with Crippen molar-refractivity contribution in [2.24, 2.45) is 0 Å².